The molecule has 4 rings (SSSR count). The molecule has 25 heavy (non-hydrogen) atoms. The van der Waals surface area contributed by atoms with Crippen molar-refractivity contribution in [3.8, 4) is 11.5 Å². The van der Waals surface area contributed by atoms with Gasteiger partial charge in [0.25, 0.3) is 0 Å². The molecule has 134 valence electrons. The van der Waals surface area contributed by atoms with Crippen LogP contribution in [0.15, 0.2) is 24.3 Å². The number of hydrogen-bond acceptors (Lipinski definition) is 5. The van der Waals surface area contributed by atoms with Crippen LogP contribution >= 0.6 is 0 Å². The fourth-order valence-corrected chi connectivity index (χ4v) is 4.14. The highest BCUT2D eigenvalue weighted by atomic mass is 16.5. The van der Waals surface area contributed by atoms with Crippen molar-refractivity contribution in [2.24, 2.45) is 18.9 Å². The van der Waals surface area contributed by atoms with Gasteiger partial charge in [-0.25, -0.2) is 0 Å². The first kappa shape index (κ1) is 16.2. The molecular weight excluding hydrogens is 316 g/mol. The van der Waals surface area contributed by atoms with Gasteiger partial charge in [-0.2, -0.15) is 0 Å². The summed E-state index contributed by atoms with van der Waals surface area (Å²) in [6.45, 7) is 2.66. The van der Waals surface area contributed by atoms with Crippen LogP contribution in [0.25, 0.3) is 0 Å². The molecule has 1 aliphatic carbocycles. The Kier molecular flexibility index (Phi) is 4.51. The standard InChI is InChI=1S/C19H26N4O2/c1-22-18(13-25-17-9-7-16(24-2)8-10-17)20-21-19(22)23-11-14-5-3-4-6-15(14)12-23/h7-10,14-15H,3-6,11-13H2,1-2H3. The van der Waals surface area contributed by atoms with Crippen molar-refractivity contribution in [1.29, 1.82) is 0 Å². The van der Waals surface area contributed by atoms with Gasteiger partial charge in [0.05, 0.1) is 7.11 Å². The number of benzene rings is 1. The highest BCUT2D eigenvalue weighted by molar-refractivity contribution is 5.34. The molecule has 2 fully saturated rings. The van der Waals surface area contributed by atoms with Crippen molar-refractivity contribution in [3.05, 3.63) is 30.1 Å². The number of ether oxygens (including phenoxy) is 2. The average molecular weight is 342 g/mol. The van der Waals surface area contributed by atoms with E-state index in [1.807, 2.05) is 31.3 Å². The van der Waals surface area contributed by atoms with Crippen molar-refractivity contribution in [1.82, 2.24) is 14.8 Å². The molecule has 6 nitrogen and oxygen atoms in total. The summed E-state index contributed by atoms with van der Waals surface area (Å²) in [5.41, 5.74) is 0. The smallest absolute Gasteiger partial charge is 0.227 e. The van der Waals surface area contributed by atoms with Crippen LogP contribution in [0.4, 0.5) is 5.95 Å². The molecule has 1 saturated carbocycles. The van der Waals surface area contributed by atoms with E-state index in [0.29, 0.717) is 6.61 Å². The van der Waals surface area contributed by atoms with Gasteiger partial charge in [0.1, 0.15) is 18.1 Å². The molecular formula is C19H26N4O2. The van der Waals surface area contributed by atoms with Gasteiger partial charge in [0.2, 0.25) is 5.95 Å². The molecule has 1 aliphatic heterocycles. The summed E-state index contributed by atoms with van der Waals surface area (Å²) in [6, 6.07) is 7.59. The van der Waals surface area contributed by atoms with E-state index in [0.717, 1.165) is 48.2 Å². The van der Waals surface area contributed by atoms with Gasteiger partial charge >= 0.3 is 0 Å². The number of hydrogen-bond donors (Lipinski definition) is 0. The molecule has 0 radical (unpaired) electrons. The Bertz CT molecular complexity index is 699. The molecule has 1 saturated heterocycles. The second-order valence-electron chi connectivity index (χ2n) is 7.15. The number of fused-ring (bicyclic) bond motifs is 1. The van der Waals surface area contributed by atoms with Crippen LogP contribution in [0.3, 0.4) is 0 Å². The van der Waals surface area contributed by atoms with Crippen LogP contribution < -0.4 is 14.4 Å². The molecule has 2 unspecified atom stereocenters. The van der Waals surface area contributed by atoms with E-state index in [1.165, 1.54) is 25.7 Å². The van der Waals surface area contributed by atoms with Crippen LogP contribution in [0.2, 0.25) is 0 Å². The van der Waals surface area contributed by atoms with E-state index >= 15 is 0 Å². The van der Waals surface area contributed by atoms with Crippen molar-refractivity contribution < 1.29 is 9.47 Å². The normalized spacial score (nSPS) is 22.7. The largest absolute Gasteiger partial charge is 0.497 e. The lowest BCUT2D eigenvalue weighted by Crippen LogP contribution is -2.23. The molecule has 0 bridgehead atoms. The zero-order chi connectivity index (χ0) is 17.2. The first-order valence-electron chi connectivity index (χ1n) is 9.14. The van der Waals surface area contributed by atoms with Crippen LogP contribution in [0, 0.1) is 11.8 Å². The van der Waals surface area contributed by atoms with Crippen molar-refractivity contribution in [2.75, 3.05) is 25.1 Å². The van der Waals surface area contributed by atoms with Crippen LogP contribution in [0.5, 0.6) is 11.5 Å². The third-order valence-corrected chi connectivity index (χ3v) is 5.63. The number of rotatable bonds is 5. The summed E-state index contributed by atoms with van der Waals surface area (Å²) >= 11 is 0. The fourth-order valence-electron chi connectivity index (χ4n) is 4.14. The SMILES string of the molecule is COc1ccc(OCc2nnc(N3CC4CCCCC4C3)n2C)cc1. The Hall–Kier alpha value is -2.24. The number of anilines is 1. The zero-order valence-corrected chi connectivity index (χ0v) is 15.0. The van der Waals surface area contributed by atoms with Gasteiger partial charge in [-0.1, -0.05) is 12.8 Å². The average Bonchev–Trinajstić information content (AvgIpc) is 3.23. The van der Waals surface area contributed by atoms with Gasteiger partial charge in [-0.15, -0.1) is 10.2 Å². The van der Waals surface area contributed by atoms with E-state index in [2.05, 4.69) is 19.7 Å². The molecule has 1 aromatic carbocycles. The van der Waals surface area contributed by atoms with Crippen molar-refractivity contribution in [3.63, 3.8) is 0 Å². The van der Waals surface area contributed by atoms with Gasteiger partial charge in [0, 0.05) is 20.1 Å². The molecule has 1 aromatic heterocycles. The molecule has 0 amide bonds. The lowest BCUT2D eigenvalue weighted by Gasteiger charge is -2.22. The predicted molar refractivity (Wildman–Crippen MR) is 96.0 cm³/mol. The van der Waals surface area contributed by atoms with Gasteiger partial charge in [-0.05, 0) is 48.9 Å². The van der Waals surface area contributed by atoms with E-state index in [1.54, 1.807) is 7.11 Å². The highest BCUT2D eigenvalue weighted by Crippen LogP contribution is 2.37. The second kappa shape index (κ2) is 6.94. The Morgan fingerprint density at radius 3 is 2.28 bits per heavy atom. The lowest BCUT2D eigenvalue weighted by atomic mass is 9.82. The summed E-state index contributed by atoms with van der Waals surface area (Å²) in [4.78, 5) is 2.41. The van der Waals surface area contributed by atoms with Crippen molar-refractivity contribution >= 4 is 5.95 Å². The van der Waals surface area contributed by atoms with Gasteiger partial charge < -0.3 is 14.4 Å². The third-order valence-electron chi connectivity index (χ3n) is 5.63. The maximum absolute atomic E-state index is 5.85. The van der Waals surface area contributed by atoms with Crippen LogP contribution in [-0.4, -0.2) is 35.0 Å². The quantitative estimate of drug-likeness (QED) is 0.836. The first-order chi connectivity index (χ1) is 12.2. The molecule has 2 atom stereocenters. The molecule has 2 heterocycles. The van der Waals surface area contributed by atoms with E-state index in [9.17, 15) is 0 Å². The second-order valence-corrected chi connectivity index (χ2v) is 7.15. The third kappa shape index (κ3) is 3.30. The Labute approximate surface area is 148 Å². The first-order valence-corrected chi connectivity index (χ1v) is 9.14. The summed E-state index contributed by atoms with van der Waals surface area (Å²) < 4.78 is 13.1. The zero-order valence-electron chi connectivity index (χ0n) is 15.0. The monoisotopic (exact) mass is 342 g/mol. The lowest BCUT2D eigenvalue weighted by molar-refractivity contribution is 0.290. The summed E-state index contributed by atoms with van der Waals surface area (Å²) in [5.74, 6) is 5.12. The van der Waals surface area contributed by atoms with Gasteiger partial charge in [0.15, 0.2) is 5.82 Å². The minimum atomic E-state index is 0.413. The van der Waals surface area contributed by atoms with Crippen LogP contribution in [-0.2, 0) is 13.7 Å². The Morgan fingerprint density at radius 2 is 1.64 bits per heavy atom. The topological polar surface area (TPSA) is 52.4 Å². The Morgan fingerprint density at radius 1 is 1.00 bits per heavy atom. The van der Waals surface area contributed by atoms with Gasteiger partial charge in [-0.3, -0.25) is 4.57 Å². The van der Waals surface area contributed by atoms with E-state index in [4.69, 9.17) is 9.47 Å². The number of nitrogens with zero attached hydrogens (tertiary/aromatic N) is 4. The fraction of sp³-hybridized carbons (Fsp3) is 0.579. The highest BCUT2D eigenvalue weighted by Gasteiger charge is 2.36. The van der Waals surface area contributed by atoms with E-state index in [-0.39, 0.29) is 0 Å². The molecule has 6 heteroatoms. The maximum Gasteiger partial charge on any atom is 0.227 e. The Balaban J connectivity index is 1.40. The summed E-state index contributed by atoms with van der Waals surface area (Å²) in [6.07, 6.45) is 5.50. The molecule has 2 aromatic rings. The van der Waals surface area contributed by atoms with Crippen LogP contribution in [0.1, 0.15) is 31.5 Å². The summed E-state index contributed by atoms with van der Waals surface area (Å²) in [7, 11) is 3.69. The number of aromatic nitrogens is 3. The summed E-state index contributed by atoms with van der Waals surface area (Å²) in [5, 5.41) is 8.78. The van der Waals surface area contributed by atoms with E-state index < -0.39 is 0 Å². The minimum absolute atomic E-state index is 0.413. The molecule has 0 N–H and O–H groups in total. The maximum atomic E-state index is 5.85. The molecule has 2 aliphatic rings. The van der Waals surface area contributed by atoms with Crippen molar-refractivity contribution in [2.45, 2.75) is 32.3 Å². The minimum Gasteiger partial charge on any atom is -0.497 e. The predicted octanol–water partition coefficient (Wildman–Crippen LogP) is 3.03. The number of methoxy groups -OCH3 is 1. The molecule has 0 spiro atoms.